The third-order valence-corrected chi connectivity index (χ3v) is 4.00. The van der Waals surface area contributed by atoms with Crippen LogP contribution >= 0.6 is 15.9 Å². The first-order valence-electron chi connectivity index (χ1n) is 6.46. The van der Waals surface area contributed by atoms with Crippen LogP contribution in [0.4, 0.5) is 0 Å². The molecule has 0 spiro atoms. The summed E-state index contributed by atoms with van der Waals surface area (Å²) < 4.78 is 0.944. The minimum absolute atomic E-state index is 0.223. The molecule has 104 valence electrons. The second-order valence-electron chi connectivity index (χ2n) is 5.11. The largest absolute Gasteiger partial charge is 0.508 e. The molecule has 1 aliphatic rings. The van der Waals surface area contributed by atoms with Crippen LogP contribution in [0.25, 0.3) is 0 Å². The van der Waals surface area contributed by atoms with Gasteiger partial charge in [0.2, 0.25) is 0 Å². The van der Waals surface area contributed by atoms with Gasteiger partial charge in [-0.15, -0.1) is 0 Å². The molecule has 1 unspecified atom stereocenters. The molecular weight excluding hydrogens is 310 g/mol. The summed E-state index contributed by atoms with van der Waals surface area (Å²) in [4.78, 5) is 13.0. The molecule has 1 heterocycles. The van der Waals surface area contributed by atoms with Gasteiger partial charge in [-0.05, 0) is 43.5 Å². The third-order valence-electron chi connectivity index (χ3n) is 3.50. The van der Waals surface area contributed by atoms with E-state index in [1.54, 1.807) is 6.07 Å². The lowest BCUT2D eigenvalue weighted by Gasteiger charge is -2.32. The van der Waals surface area contributed by atoms with E-state index < -0.39 is 5.97 Å². The molecule has 2 N–H and O–H groups in total. The zero-order valence-electron chi connectivity index (χ0n) is 10.7. The number of phenols is 1. The molecule has 1 aromatic rings. The highest BCUT2D eigenvalue weighted by Crippen LogP contribution is 2.26. The number of carbonyl (C=O) groups is 1. The molecule has 0 amide bonds. The Hall–Kier alpha value is -1.07. The maximum Gasteiger partial charge on any atom is 0.303 e. The number of nitrogens with zero attached hydrogens (tertiary/aromatic N) is 1. The molecule has 2 rings (SSSR count). The van der Waals surface area contributed by atoms with Gasteiger partial charge in [0, 0.05) is 29.5 Å². The highest BCUT2D eigenvalue weighted by atomic mass is 79.9. The molecule has 19 heavy (non-hydrogen) atoms. The summed E-state index contributed by atoms with van der Waals surface area (Å²) in [5.41, 5.74) is 0.880. The quantitative estimate of drug-likeness (QED) is 0.892. The van der Waals surface area contributed by atoms with Gasteiger partial charge in [-0.2, -0.15) is 0 Å². The van der Waals surface area contributed by atoms with E-state index in [1.807, 2.05) is 12.1 Å². The number of hydrogen-bond donors (Lipinski definition) is 2. The van der Waals surface area contributed by atoms with Crippen LogP contribution in [0.1, 0.15) is 24.8 Å². The number of carboxylic acids is 1. The number of phenolic OH excluding ortho intramolecular Hbond substituents is 1. The molecule has 1 aliphatic heterocycles. The van der Waals surface area contributed by atoms with E-state index in [1.165, 1.54) is 0 Å². The monoisotopic (exact) mass is 327 g/mol. The van der Waals surface area contributed by atoms with Crippen LogP contribution in [0.2, 0.25) is 0 Å². The third kappa shape index (κ3) is 4.21. The first-order chi connectivity index (χ1) is 9.04. The summed E-state index contributed by atoms with van der Waals surface area (Å²) in [5, 5.41) is 18.7. The number of aliphatic carboxylic acids is 1. The van der Waals surface area contributed by atoms with Crippen LogP contribution < -0.4 is 0 Å². The fourth-order valence-electron chi connectivity index (χ4n) is 2.63. The SMILES string of the molecule is O=C(O)CC1CCCN(Cc2cc(Br)ccc2O)C1. The fraction of sp³-hybridized carbons (Fsp3) is 0.500. The molecule has 0 aliphatic carbocycles. The molecule has 4 nitrogen and oxygen atoms in total. The van der Waals surface area contributed by atoms with Gasteiger partial charge < -0.3 is 10.2 Å². The molecule has 0 saturated carbocycles. The Balaban J connectivity index is 1.98. The topological polar surface area (TPSA) is 60.8 Å². The van der Waals surface area contributed by atoms with Crippen molar-refractivity contribution in [1.29, 1.82) is 0 Å². The van der Waals surface area contributed by atoms with E-state index in [2.05, 4.69) is 20.8 Å². The Kier molecular flexibility index (Phi) is 4.82. The van der Waals surface area contributed by atoms with Gasteiger partial charge in [0.1, 0.15) is 5.75 Å². The van der Waals surface area contributed by atoms with Crippen molar-refractivity contribution in [2.45, 2.75) is 25.8 Å². The molecular formula is C14H18BrNO3. The number of carboxylic acid groups (broad SMARTS) is 1. The van der Waals surface area contributed by atoms with Crippen molar-refractivity contribution >= 4 is 21.9 Å². The number of hydrogen-bond acceptors (Lipinski definition) is 3. The second kappa shape index (κ2) is 6.39. The van der Waals surface area contributed by atoms with Crippen molar-refractivity contribution in [2.24, 2.45) is 5.92 Å². The van der Waals surface area contributed by atoms with Crippen LogP contribution in [0.3, 0.4) is 0 Å². The minimum Gasteiger partial charge on any atom is -0.508 e. The van der Waals surface area contributed by atoms with Crippen molar-refractivity contribution in [3.63, 3.8) is 0 Å². The second-order valence-corrected chi connectivity index (χ2v) is 6.03. The van der Waals surface area contributed by atoms with Gasteiger partial charge in [-0.25, -0.2) is 0 Å². The van der Waals surface area contributed by atoms with Gasteiger partial charge in [-0.1, -0.05) is 15.9 Å². The first-order valence-corrected chi connectivity index (χ1v) is 7.25. The van der Waals surface area contributed by atoms with Gasteiger partial charge in [0.15, 0.2) is 0 Å². The molecule has 1 aromatic carbocycles. The maximum atomic E-state index is 10.8. The lowest BCUT2D eigenvalue weighted by atomic mass is 9.94. The maximum absolute atomic E-state index is 10.8. The number of piperidine rings is 1. The smallest absolute Gasteiger partial charge is 0.303 e. The van der Waals surface area contributed by atoms with Crippen LogP contribution in [0, 0.1) is 5.92 Å². The number of halogens is 1. The van der Waals surface area contributed by atoms with E-state index in [9.17, 15) is 9.90 Å². The van der Waals surface area contributed by atoms with Crippen LogP contribution in [0.15, 0.2) is 22.7 Å². The molecule has 1 atom stereocenters. The van der Waals surface area contributed by atoms with Gasteiger partial charge in [0.25, 0.3) is 0 Å². The average Bonchev–Trinajstić information content (AvgIpc) is 2.33. The summed E-state index contributed by atoms with van der Waals surface area (Å²) in [6, 6.07) is 5.40. The Morgan fingerprint density at radius 2 is 2.26 bits per heavy atom. The summed E-state index contributed by atoms with van der Waals surface area (Å²) in [5.74, 6) is -0.207. The number of aromatic hydroxyl groups is 1. The van der Waals surface area contributed by atoms with Crippen LogP contribution in [-0.2, 0) is 11.3 Å². The minimum atomic E-state index is -0.725. The van der Waals surface area contributed by atoms with Crippen LogP contribution in [-0.4, -0.2) is 34.2 Å². The van der Waals surface area contributed by atoms with Crippen LogP contribution in [0.5, 0.6) is 5.75 Å². The molecule has 1 saturated heterocycles. The average molecular weight is 328 g/mol. The normalized spacial score (nSPS) is 20.4. The Morgan fingerprint density at radius 1 is 1.47 bits per heavy atom. The van der Waals surface area contributed by atoms with Crippen molar-refractivity contribution < 1.29 is 15.0 Å². The van der Waals surface area contributed by atoms with E-state index in [0.717, 1.165) is 36.0 Å². The summed E-state index contributed by atoms with van der Waals surface area (Å²) >= 11 is 3.40. The Labute approximate surface area is 121 Å². The molecule has 0 aromatic heterocycles. The predicted octanol–water partition coefficient (Wildman–Crippen LogP) is 2.84. The zero-order valence-corrected chi connectivity index (χ0v) is 12.3. The molecule has 1 fully saturated rings. The molecule has 0 radical (unpaired) electrons. The standard InChI is InChI=1S/C14H18BrNO3/c15-12-3-4-13(17)11(7-12)9-16-5-1-2-10(8-16)6-14(18)19/h3-4,7,10,17H,1-2,5-6,8-9H2,(H,18,19). The first kappa shape index (κ1) is 14.3. The highest BCUT2D eigenvalue weighted by Gasteiger charge is 2.22. The van der Waals surface area contributed by atoms with Gasteiger partial charge in [-0.3, -0.25) is 9.69 Å². The Morgan fingerprint density at radius 3 is 3.00 bits per heavy atom. The lowest BCUT2D eigenvalue weighted by molar-refractivity contribution is -0.138. The van der Waals surface area contributed by atoms with E-state index in [-0.39, 0.29) is 12.3 Å². The summed E-state index contributed by atoms with van der Waals surface area (Å²) in [6.07, 6.45) is 2.24. The summed E-state index contributed by atoms with van der Waals surface area (Å²) in [6.45, 7) is 2.42. The fourth-order valence-corrected chi connectivity index (χ4v) is 3.04. The van der Waals surface area contributed by atoms with Gasteiger partial charge in [0.05, 0.1) is 0 Å². The zero-order chi connectivity index (χ0) is 13.8. The predicted molar refractivity (Wildman–Crippen MR) is 76.1 cm³/mol. The van der Waals surface area contributed by atoms with E-state index in [0.29, 0.717) is 12.3 Å². The molecule has 0 bridgehead atoms. The van der Waals surface area contributed by atoms with Gasteiger partial charge >= 0.3 is 5.97 Å². The van der Waals surface area contributed by atoms with Crippen molar-refractivity contribution in [1.82, 2.24) is 4.90 Å². The lowest BCUT2D eigenvalue weighted by Crippen LogP contribution is -2.35. The summed E-state index contributed by atoms with van der Waals surface area (Å²) in [7, 11) is 0. The number of benzene rings is 1. The van der Waals surface area contributed by atoms with Crippen molar-refractivity contribution in [3.8, 4) is 5.75 Å². The Bertz CT molecular complexity index is 464. The van der Waals surface area contributed by atoms with Crippen molar-refractivity contribution in [3.05, 3.63) is 28.2 Å². The van der Waals surface area contributed by atoms with Crippen molar-refractivity contribution in [2.75, 3.05) is 13.1 Å². The number of rotatable bonds is 4. The van der Waals surface area contributed by atoms with E-state index >= 15 is 0 Å². The van der Waals surface area contributed by atoms with E-state index in [4.69, 9.17) is 5.11 Å². The molecule has 5 heteroatoms. The highest BCUT2D eigenvalue weighted by molar-refractivity contribution is 9.10. The number of likely N-dealkylation sites (tertiary alicyclic amines) is 1.